The molecular weight excluding hydrogens is 71.0 g/mol. The van der Waals surface area contributed by atoms with Crippen LogP contribution in [0, 0.1) is 0 Å². The molecule has 0 aliphatic heterocycles. The highest BCUT2D eigenvalue weighted by Crippen LogP contribution is 1.92. The van der Waals surface area contributed by atoms with Gasteiger partial charge >= 0.3 is 0 Å². The van der Waals surface area contributed by atoms with E-state index in [1.807, 2.05) is 0 Å². The molecule has 0 aromatic rings. The Morgan fingerprint density at radius 3 is 1.60 bits per heavy atom. The summed E-state index contributed by atoms with van der Waals surface area (Å²) in [5, 5.41) is 9.44. The smallest absolute Gasteiger partial charge is 0.0319 e. The number of halogens is 1. The SMILES string of the molecule is CC(C)([O-])F. The van der Waals surface area contributed by atoms with E-state index < -0.39 is 5.85 Å². The largest absolute Gasteiger partial charge is 0.825 e. The summed E-state index contributed by atoms with van der Waals surface area (Å²) in [5.41, 5.74) is 0. The quantitative estimate of drug-likeness (QED) is 0.400. The maximum atomic E-state index is 11.1. The Bertz CT molecular complexity index is 22.4. The molecule has 0 aromatic heterocycles. The van der Waals surface area contributed by atoms with Crippen molar-refractivity contribution in [3.63, 3.8) is 0 Å². The summed E-state index contributed by atoms with van der Waals surface area (Å²) in [4.78, 5) is 0. The second kappa shape index (κ2) is 0.937. The van der Waals surface area contributed by atoms with Gasteiger partial charge in [-0.15, -0.1) is 0 Å². The van der Waals surface area contributed by atoms with Crippen molar-refractivity contribution in [3.8, 4) is 0 Å². The second-order valence-corrected chi connectivity index (χ2v) is 1.36. The van der Waals surface area contributed by atoms with E-state index in [4.69, 9.17) is 0 Å². The van der Waals surface area contributed by atoms with Gasteiger partial charge in [0, 0.05) is 5.85 Å². The zero-order valence-electron chi connectivity index (χ0n) is 3.29. The van der Waals surface area contributed by atoms with E-state index in [9.17, 15) is 9.50 Å². The Labute approximate surface area is 30.4 Å². The normalized spacial score (nSPS) is 12.0. The first-order chi connectivity index (χ1) is 2.00. The highest BCUT2D eigenvalue weighted by atomic mass is 19.2. The first-order valence-electron chi connectivity index (χ1n) is 1.39. The van der Waals surface area contributed by atoms with Gasteiger partial charge in [-0.25, -0.2) is 0 Å². The van der Waals surface area contributed by atoms with Crippen molar-refractivity contribution in [1.82, 2.24) is 0 Å². The van der Waals surface area contributed by atoms with E-state index in [-0.39, 0.29) is 0 Å². The van der Waals surface area contributed by atoms with Gasteiger partial charge in [0.25, 0.3) is 0 Å². The van der Waals surface area contributed by atoms with Gasteiger partial charge in [0.05, 0.1) is 0 Å². The molecule has 0 spiro atoms. The van der Waals surface area contributed by atoms with Crippen LogP contribution in [0.15, 0.2) is 0 Å². The number of rotatable bonds is 0. The zero-order chi connectivity index (χ0) is 4.50. The fourth-order valence-electron chi connectivity index (χ4n) is 0. The number of alkyl halides is 1. The zero-order valence-corrected chi connectivity index (χ0v) is 3.29. The molecule has 5 heavy (non-hydrogen) atoms. The standard InChI is InChI=1S/C3H6FO/c1-3(2,4)5/h1-2H3/q-1. The lowest BCUT2D eigenvalue weighted by atomic mass is 10.4. The number of hydrogen-bond donors (Lipinski definition) is 0. The molecule has 0 aromatic carbocycles. The van der Waals surface area contributed by atoms with E-state index in [0.29, 0.717) is 0 Å². The summed E-state index contributed by atoms with van der Waals surface area (Å²) in [6.45, 7) is 1.93. The van der Waals surface area contributed by atoms with Gasteiger partial charge in [-0.2, -0.15) is 0 Å². The van der Waals surface area contributed by atoms with Crippen molar-refractivity contribution >= 4 is 0 Å². The topological polar surface area (TPSA) is 23.1 Å². The first kappa shape index (κ1) is 4.89. The molecule has 1 nitrogen and oxygen atoms in total. The predicted octanol–water partition coefficient (Wildman–Crippen LogP) is 0.0523. The van der Waals surface area contributed by atoms with Crippen LogP contribution in [0.4, 0.5) is 4.39 Å². The van der Waals surface area contributed by atoms with Crippen LogP contribution in [0.2, 0.25) is 0 Å². The van der Waals surface area contributed by atoms with Crippen LogP contribution in [0.3, 0.4) is 0 Å². The van der Waals surface area contributed by atoms with Gasteiger partial charge in [-0.3, -0.25) is 4.39 Å². The monoisotopic (exact) mass is 77.0 g/mol. The van der Waals surface area contributed by atoms with Crippen molar-refractivity contribution in [1.29, 1.82) is 0 Å². The molecule has 0 saturated carbocycles. The van der Waals surface area contributed by atoms with Gasteiger partial charge in [0.15, 0.2) is 0 Å². The fourth-order valence-corrected chi connectivity index (χ4v) is 0. The summed E-state index contributed by atoms with van der Waals surface area (Å²) in [7, 11) is 0. The molecule has 0 bridgehead atoms. The third-order valence-corrected chi connectivity index (χ3v) is 0. The average molecular weight is 77.1 g/mol. The first-order valence-corrected chi connectivity index (χ1v) is 1.39. The molecule has 0 saturated heterocycles. The molecule has 0 rings (SSSR count). The van der Waals surface area contributed by atoms with Crippen LogP contribution in [-0.4, -0.2) is 5.85 Å². The van der Waals surface area contributed by atoms with E-state index in [0.717, 1.165) is 13.8 Å². The third-order valence-electron chi connectivity index (χ3n) is 0. The molecule has 32 valence electrons. The van der Waals surface area contributed by atoms with Gasteiger partial charge in [0.2, 0.25) is 0 Å². The minimum absolute atomic E-state index is 0.965. The Morgan fingerprint density at radius 1 is 1.60 bits per heavy atom. The summed E-state index contributed by atoms with van der Waals surface area (Å²) in [5.74, 6) is -2.25. The van der Waals surface area contributed by atoms with Crippen LogP contribution in [-0.2, 0) is 0 Å². The minimum atomic E-state index is -2.25. The maximum absolute atomic E-state index is 11.1. The van der Waals surface area contributed by atoms with Crippen LogP contribution in [0.25, 0.3) is 0 Å². The molecule has 0 radical (unpaired) electrons. The molecule has 0 heterocycles. The van der Waals surface area contributed by atoms with Crippen molar-refractivity contribution in [2.45, 2.75) is 19.7 Å². The number of hydrogen-bond acceptors (Lipinski definition) is 1. The molecule has 0 amide bonds. The minimum Gasteiger partial charge on any atom is -0.825 e. The lowest BCUT2D eigenvalue weighted by Gasteiger charge is -2.17. The molecule has 0 aliphatic carbocycles. The predicted molar refractivity (Wildman–Crippen MR) is 15.2 cm³/mol. The van der Waals surface area contributed by atoms with Gasteiger partial charge in [-0.05, 0) is 13.8 Å². The second-order valence-electron chi connectivity index (χ2n) is 1.36. The molecular formula is C3H6FO-. The van der Waals surface area contributed by atoms with E-state index >= 15 is 0 Å². The fraction of sp³-hybridized carbons (Fsp3) is 1.00. The van der Waals surface area contributed by atoms with Crippen LogP contribution in [0.1, 0.15) is 13.8 Å². The van der Waals surface area contributed by atoms with Gasteiger partial charge < -0.3 is 5.11 Å². The Kier molecular flexibility index (Phi) is 0.916. The summed E-state index contributed by atoms with van der Waals surface area (Å²) >= 11 is 0. The van der Waals surface area contributed by atoms with Crippen molar-refractivity contribution in [2.24, 2.45) is 0 Å². The summed E-state index contributed by atoms with van der Waals surface area (Å²) < 4.78 is 11.1. The van der Waals surface area contributed by atoms with Gasteiger partial charge in [-0.1, -0.05) is 0 Å². The van der Waals surface area contributed by atoms with Crippen molar-refractivity contribution in [2.75, 3.05) is 0 Å². The highest BCUT2D eigenvalue weighted by Gasteiger charge is 1.90. The highest BCUT2D eigenvalue weighted by molar-refractivity contribution is 4.35. The molecule has 0 unspecified atom stereocenters. The molecule has 0 fully saturated rings. The lowest BCUT2D eigenvalue weighted by Crippen LogP contribution is -2.29. The molecule has 2 heteroatoms. The van der Waals surface area contributed by atoms with Crippen LogP contribution >= 0.6 is 0 Å². The van der Waals surface area contributed by atoms with E-state index in [2.05, 4.69) is 0 Å². The van der Waals surface area contributed by atoms with Crippen molar-refractivity contribution < 1.29 is 9.50 Å². The average Bonchev–Trinajstić information content (AvgIpc) is 0.722. The molecule has 0 aliphatic rings. The molecule has 0 atom stereocenters. The van der Waals surface area contributed by atoms with E-state index in [1.165, 1.54) is 0 Å². The van der Waals surface area contributed by atoms with Crippen LogP contribution < -0.4 is 5.11 Å². The van der Waals surface area contributed by atoms with Crippen molar-refractivity contribution in [3.05, 3.63) is 0 Å². The Morgan fingerprint density at radius 2 is 1.60 bits per heavy atom. The summed E-state index contributed by atoms with van der Waals surface area (Å²) in [6, 6.07) is 0. The van der Waals surface area contributed by atoms with Crippen LogP contribution in [0.5, 0.6) is 0 Å². The lowest BCUT2D eigenvalue weighted by molar-refractivity contribution is -0.509. The molecule has 0 N–H and O–H groups in total. The van der Waals surface area contributed by atoms with E-state index in [1.54, 1.807) is 0 Å². The summed E-state index contributed by atoms with van der Waals surface area (Å²) in [6.07, 6.45) is 0. The Hall–Kier alpha value is -0.110. The maximum Gasteiger partial charge on any atom is 0.0319 e. The third kappa shape index (κ3) is 1150. The van der Waals surface area contributed by atoms with Gasteiger partial charge in [0.1, 0.15) is 0 Å². The Balaban J connectivity index is 3.02.